The van der Waals surface area contributed by atoms with Gasteiger partial charge in [-0.2, -0.15) is 0 Å². The number of carbonyl (C=O) groups is 2. The summed E-state index contributed by atoms with van der Waals surface area (Å²) in [4.78, 5) is 26.2. The van der Waals surface area contributed by atoms with Crippen LogP contribution >= 0.6 is 11.3 Å². The van der Waals surface area contributed by atoms with Crippen molar-refractivity contribution in [1.29, 1.82) is 0 Å². The first-order valence-corrected chi connectivity index (χ1v) is 10.5. The summed E-state index contributed by atoms with van der Waals surface area (Å²) in [5.74, 6) is -0.411. The third kappa shape index (κ3) is 5.01. The van der Waals surface area contributed by atoms with Gasteiger partial charge >= 0.3 is 0 Å². The smallest absolute Gasteiger partial charge is 0.229 e. The van der Waals surface area contributed by atoms with Crippen LogP contribution < -0.4 is 10.2 Å². The Morgan fingerprint density at radius 1 is 1.35 bits per heavy atom. The van der Waals surface area contributed by atoms with Crippen molar-refractivity contribution in [3.05, 3.63) is 5.01 Å². The van der Waals surface area contributed by atoms with E-state index >= 15 is 0 Å². The molecular formula is C18H28N4O3S. The van der Waals surface area contributed by atoms with Gasteiger partial charge in [-0.25, -0.2) is 0 Å². The Morgan fingerprint density at radius 2 is 2.15 bits per heavy atom. The molecule has 1 N–H and O–H groups in total. The molecule has 0 spiro atoms. The summed E-state index contributed by atoms with van der Waals surface area (Å²) in [5, 5.41) is 12.7. The summed E-state index contributed by atoms with van der Waals surface area (Å²) in [6.07, 6.45) is 8.19. The molecule has 1 atom stereocenters. The molecule has 1 aliphatic carbocycles. The van der Waals surface area contributed by atoms with Gasteiger partial charge in [0.15, 0.2) is 0 Å². The Kier molecular flexibility index (Phi) is 6.96. The second kappa shape index (κ2) is 9.41. The van der Waals surface area contributed by atoms with Crippen LogP contribution in [0.4, 0.5) is 5.13 Å². The van der Waals surface area contributed by atoms with E-state index in [-0.39, 0.29) is 24.2 Å². The average molecular weight is 381 g/mol. The predicted octanol–water partition coefficient (Wildman–Crippen LogP) is 2.31. The molecule has 2 heterocycles. The first kappa shape index (κ1) is 19.2. The van der Waals surface area contributed by atoms with Crippen LogP contribution in [0.1, 0.15) is 56.9 Å². The van der Waals surface area contributed by atoms with Crippen LogP contribution in [0.3, 0.4) is 0 Å². The Balaban J connectivity index is 1.38. The van der Waals surface area contributed by atoms with Crippen molar-refractivity contribution in [1.82, 2.24) is 15.5 Å². The molecule has 2 fully saturated rings. The zero-order valence-corrected chi connectivity index (χ0v) is 16.2. The van der Waals surface area contributed by atoms with E-state index in [1.165, 1.54) is 24.2 Å². The van der Waals surface area contributed by atoms with Gasteiger partial charge in [-0.05, 0) is 25.7 Å². The fourth-order valence-corrected chi connectivity index (χ4v) is 4.44. The van der Waals surface area contributed by atoms with Crippen LogP contribution in [0, 0.1) is 5.92 Å². The lowest BCUT2D eigenvalue weighted by molar-refractivity contribution is -0.126. The summed E-state index contributed by atoms with van der Waals surface area (Å²) < 4.78 is 5.80. The van der Waals surface area contributed by atoms with Crippen molar-refractivity contribution in [3.8, 4) is 0 Å². The van der Waals surface area contributed by atoms with Crippen molar-refractivity contribution < 1.29 is 14.3 Å². The number of nitrogens with one attached hydrogen (secondary N) is 1. The van der Waals surface area contributed by atoms with Crippen molar-refractivity contribution in [3.63, 3.8) is 0 Å². The van der Waals surface area contributed by atoms with Crippen LogP contribution in [0.25, 0.3) is 0 Å². The molecule has 2 aliphatic rings. The van der Waals surface area contributed by atoms with Crippen LogP contribution in [-0.4, -0.2) is 47.8 Å². The molecule has 1 unspecified atom stereocenters. The number of aryl methyl sites for hydroxylation is 1. The first-order chi connectivity index (χ1) is 12.7. The van der Waals surface area contributed by atoms with Gasteiger partial charge < -0.3 is 10.1 Å². The van der Waals surface area contributed by atoms with Crippen molar-refractivity contribution >= 4 is 28.3 Å². The molecule has 2 amide bonds. The monoisotopic (exact) mass is 380 g/mol. The number of anilines is 1. The molecule has 1 aliphatic heterocycles. The predicted molar refractivity (Wildman–Crippen MR) is 100 cm³/mol. The van der Waals surface area contributed by atoms with Gasteiger partial charge in [0.1, 0.15) is 5.01 Å². The molecule has 3 rings (SSSR count). The zero-order chi connectivity index (χ0) is 18.4. The minimum Gasteiger partial charge on any atom is -0.378 e. The van der Waals surface area contributed by atoms with E-state index in [0.29, 0.717) is 30.9 Å². The second-order valence-electron chi connectivity index (χ2n) is 7.06. The number of hydrogen-bond donors (Lipinski definition) is 1. The first-order valence-electron chi connectivity index (χ1n) is 9.69. The molecule has 1 saturated carbocycles. The number of hydrogen-bond acceptors (Lipinski definition) is 6. The van der Waals surface area contributed by atoms with E-state index in [0.717, 1.165) is 37.1 Å². The number of rotatable bonds is 9. The van der Waals surface area contributed by atoms with Gasteiger partial charge in [0.2, 0.25) is 16.9 Å². The van der Waals surface area contributed by atoms with Crippen LogP contribution in [0.15, 0.2) is 0 Å². The maximum absolute atomic E-state index is 12.3. The number of aromatic nitrogens is 2. The summed E-state index contributed by atoms with van der Waals surface area (Å²) in [5.41, 5.74) is 0. The van der Waals surface area contributed by atoms with Crippen LogP contribution in [0.5, 0.6) is 0 Å². The third-order valence-electron chi connectivity index (χ3n) is 4.92. The number of amides is 2. The molecule has 26 heavy (non-hydrogen) atoms. The molecular weight excluding hydrogens is 352 g/mol. The van der Waals surface area contributed by atoms with Gasteiger partial charge in [-0.1, -0.05) is 31.1 Å². The van der Waals surface area contributed by atoms with E-state index in [4.69, 9.17) is 4.74 Å². The molecule has 8 heteroatoms. The molecule has 0 aromatic carbocycles. The Morgan fingerprint density at radius 3 is 2.92 bits per heavy atom. The van der Waals surface area contributed by atoms with Gasteiger partial charge in [0, 0.05) is 32.5 Å². The highest BCUT2D eigenvalue weighted by atomic mass is 32.1. The largest absolute Gasteiger partial charge is 0.378 e. The van der Waals surface area contributed by atoms with Gasteiger partial charge in [-0.3, -0.25) is 14.5 Å². The van der Waals surface area contributed by atoms with E-state index in [1.807, 2.05) is 0 Å². The normalized spacial score (nSPS) is 20.9. The maximum Gasteiger partial charge on any atom is 0.229 e. The quantitative estimate of drug-likeness (QED) is 0.665. The third-order valence-corrected chi connectivity index (χ3v) is 5.93. The highest BCUT2D eigenvalue weighted by Gasteiger charge is 2.36. The van der Waals surface area contributed by atoms with Crippen molar-refractivity contribution in [2.45, 2.75) is 64.4 Å². The molecule has 0 radical (unpaired) electrons. The summed E-state index contributed by atoms with van der Waals surface area (Å²) in [7, 11) is 0. The number of carbonyl (C=O) groups excluding carboxylic acids is 2. The summed E-state index contributed by atoms with van der Waals surface area (Å²) >= 11 is 1.44. The fraction of sp³-hybridized carbons (Fsp3) is 0.778. The minimum absolute atomic E-state index is 0.0473. The SMILES string of the molecule is CCCc1nnc(N2CC(C(=O)NCCCOC3CCCC3)CC2=O)s1. The lowest BCUT2D eigenvalue weighted by Crippen LogP contribution is -2.34. The van der Waals surface area contributed by atoms with Crippen LogP contribution in [0.2, 0.25) is 0 Å². The molecule has 1 saturated heterocycles. The molecule has 7 nitrogen and oxygen atoms in total. The Hall–Kier alpha value is -1.54. The molecule has 144 valence electrons. The lowest BCUT2D eigenvalue weighted by atomic mass is 10.1. The van der Waals surface area contributed by atoms with Crippen molar-refractivity contribution in [2.75, 3.05) is 24.6 Å². The number of ether oxygens (including phenoxy) is 1. The standard InChI is InChI=1S/C18H28N4O3S/c1-2-6-15-20-21-18(26-15)22-12-13(11-16(22)23)17(24)19-9-5-10-25-14-7-3-4-8-14/h13-14H,2-12H2,1H3,(H,19,24). The molecule has 0 bridgehead atoms. The van der Waals surface area contributed by atoms with Gasteiger partial charge in [-0.15, -0.1) is 10.2 Å². The average Bonchev–Trinajstić information content (AvgIpc) is 3.35. The highest BCUT2D eigenvalue weighted by molar-refractivity contribution is 7.15. The van der Waals surface area contributed by atoms with Crippen LogP contribution in [-0.2, 0) is 20.7 Å². The number of nitrogens with zero attached hydrogens (tertiary/aromatic N) is 3. The minimum atomic E-state index is -0.309. The van der Waals surface area contributed by atoms with E-state index in [1.54, 1.807) is 4.90 Å². The Labute approximate surface area is 158 Å². The summed E-state index contributed by atoms with van der Waals surface area (Å²) in [6.45, 7) is 3.76. The topological polar surface area (TPSA) is 84.4 Å². The molecule has 1 aromatic heterocycles. The van der Waals surface area contributed by atoms with Gasteiger partial charge in [0.05, 0.1) is 12.0 Å². The van der Waals surface area contributed by atoms with Gasteiger partial charge in [0.25, 0.3) is 0 Å². The zero-order valence-electron chi connectivity index (χ0n) is 15.4. The van der Waals surface area contributed by atoms with E-state index < -0.39 is 0 Å². The lowest BCUT2D eigenvalue weighted by Gasteiger charge is -2.13. The van der Waals surface area contributed by atoms with E-state index in [2.05, 4.69) is 22.4 Å². The highest BCUT2D eigenvalue weighted by Crippen LogP contribution is 2.28. The Bertz CT molecular complexity index is 615. The van der Waals surface area contributed by atoms with E-state index in [9.17, 15) is 9.59 Å². The molecule has 1 aromatic rings. The fourth-order valence-electron chi connectivity index (χ4n) is 3.47. The maximum atomic E-state index is 12.3. The second-order valence-corrected chi connectivity index (χ2v) is 8.10. The summed E-state index contributed by atoms with van der Waals surface area (Å²) in [6, 6.07) is 0. The van der Waals surface area contributed by atoms with Crippen molar-refractivity contribution in [2.24, 2.45) is 5.92 Å².